The lowest BCUT2D eigenvalue weighted by atomic mass is 10.1. The number of rotatable bonds is 4. The molecule has 1 amide bonds. The summed E-state index contributed by atoms with van der Waals surface area (Å²) in [5, 5.41) is 11.9. The Labute approximate surface area is 111 Å². The van der Waals surface area contributed by atoms with E-state index in [0.717, 1.165) is 30.8 Å². The van der Waals surface area contributed by atoms with E-state index in [4.69, 9.17) is 5.26 Å². The number of likely N-dealkylation sites (tertiary alicyclic amines) is 1. The highest BCUT2D eigenvalue weighted by Gasteiger charge is 2.15. The minimum atomic E-state index is 0.187. The molecule has 2 rings (SSSR count). The highest BCUT2D eigenvalue weighted by Crippen LogP contribution is 2.14. The Morgan fingerprint density at radius 1 is 1.39 bits per heavy atom. The van der Waals surface area contributed by atoms with Crippen molar-refractivity contribution < 1.29 is 4.79 Å². The van der Waals surface area contributed by atoms with E-state index in [2.05, 4.69) is 11.4 Å². The van der Waals surface area contributed by atoms with Gasteiger partial charge in [0.2, 0.25) is 5.91 Å². The SMILES string of the molecule is N#Cc1ccc(CNCC(=O)N2CCCCC2)s1. The van der Waals surface area contributed by atoms with E-state index in [1.807, 2.05) is 17.0 Å². The zero-order valence-electron chi connectivity index (χ0n) is 10.3. The van der Waals surface area contributed by atoms with Gasteiger partial charge in [0.05, 0.1) is 6.54 Å². The molecule has 5 heteroatoms. The summed E-state index contributed by atoms with van der Waals surface area (Å²) in [6.45, 7) is 2.85. The topological polar surface area (TPSA) is 56.1 Å². The molecule has 0 atom stereocenters. The molecule has 0 aromatic carbocycles. The van der Waals surface area contributed by atoms with Gasteiger partial charge in [0.1, 0.15) is 10.9 Å². The van der Waals surface area contributed by atoms with Crippen LogP contribution in [0.15, 0.2) is 12.1 Å². The van der Waals surface area contributed by atoms with Crippen molar-refractivity contribution >= 4 is 17.2 Å². The number of nitrogens with one attached hydrogen (secondary N) is 1. The smallest absolute Gasteiger partial charge is 0.236 e. The molecule has 0 aliphatic carbocycles. The fourth-order valence-corrected chi connectivity index (χ4v) is 2.86. The molecule has 4 nitrogen and oxygen atoms in total. The molecular weight excluding hydrogens is 246 g/mol. The molecule has 1 aliphatic heterocycles. The zero-order chi connectivity index (χ0) is 12.8. The van der Waals surface area contributed by atoms with Crippen LogP contribution in [0.25, 0.3) is 0 Å². The first-order chi connectivity index (χ1) is 8.79. The molecular formula is C13H17N3OS. The molecule has 96 valence electrons. The molecule has 0 radical (unpaired) electrons. The number of nitrogens with zero attached hydrogens (tertiary/aromatic N) is 2. The number of hydrogen-bond donors (Lipinski definition) is 1. The van der Waals surface area contributed by atoms with Crippen LogP contribution in [0, 0.1) is 11.3 Å². The molecule has 18 heavy (non-hydrogen) atoms. The van der Waals surface area contributed by atoms with Crippen molar-refractivity contribution in [2.45, 2.75) is 25.8 Å². The van der Waals surface area contributed by atoms with Crippen LogP contribution in [0.5, 0.6) is 0 Å². The van der Waals surface area contributed by atoms with Crippen molar-refractivity contribution in [2.24, 2.45) is 0 Å². The highest BCUT2D eigenvalue weighted by molar-refractivity contribution is 7.12. The van der Waals surface area contributed by atoms with Crippen molar-refractivity contribution in [3.8, 4) is 6.07 Å². The van der Waals surface area contributed by atoms with Gasteiger partial charge in [-0.1, -0.05) is 0 Å². The first-order valence-corrected chi connectivity index (χ1v) is 7.08. The van der Waals surface area contributed by atoms with Gasteiger partial charge >= 0.3 is 0 Å². The third-order valence-electron chi connectivity index (χ3n) is 3.06. The van der Waals surface area contributed by atoms with Crippen molar-refractivity contribution in [2.75, 3.05) is 19.6 Å². The summed E-state index contributed by atoms with van der Waals surface area (Å²) in [6, 6.07) is 5.86. The molecule has 1 aliphatic rings. The Balaban J connectivity index is 1.71. The van der Waals surface area contributed by atoms with Gasteiger partial charge in [-0.2, -0.15) is 5.26 Å². The van der Waals surface area contributed by atoms with E-state index < -0.39 is 0 Å². The lowest BCUT2D eigenvalue weighted by molar-refractivity contribution is -0.131. The molecule has 0 unspecified atom stereocenters. The van der Waals surface area contributed by atoms with E-state index in [1.54, 1.807) is 0 Å². The first kappa shape index (κ1) is 13.1. The Bertz CT molecular complexity index is 443. The highest BCUT2D eigenvalue weighted by atomic mass is 32.1. The van der Waals surface area contributed by atoms with Gasteiger partial charge in [-0.3, -0.25) is 4.79 Å². The lowest BCUT2D eigenvalue weighted by Gasteiger charge is -2.26. The summed E-state index contributed by atoms with van der Waals surface area (Å²) < 4.78 is 0. The van der Waals surface area contributed by atoms with Crippen LogP contribution in [0.2, 0.25) is 0 Å². The predicted molar refractivity (Wildman–Crippen MR) is 71.2 cm³/mol. The van der Waals surface area contributed by atoms with Crippen molar-refractivity contribution in [1.82, 2.24) is 10.2 Å². The molecule has 1 aromatic rings. The maximum absolute atomic E-state index is 11.9. The number of amides is 1. The second-order valence-electron chi connectivity index (χ2n) is 4.42. The van der Waals surface area contributed by atoms with Crippen LogP contribution < -0.4 is 5.32 Å². The average molecular weight is 263 g/mol. The number of hydrogen-bond acceptors (Lipinski definition) is 4. The standard InChI is InChI=1S/C13H17N3OS/c14-8-11-4-5-12(18-11)9-15-10-13(17)16-6-2-1-3-7-16/h4-5,15H,1-3,6-7,9-10H2. The Morgan fingerprint density at radius 3 is 2.83 bits per heavy atom. The van der Waals surface area contributed by atoms with Crippen LogP contribution in [0.3, 0.4) is 0 Å². The van der Waals surface area contributed by atoms with Crippen molar-refractivity contribution in [3.63, 3.8) is 0 Å². The molecule has 1 N–H and O–H groups in total. The normalized spacial score (nSPS) is 15.4. The van der Waals surface area contributed by atoms with Crippen LogP contribution >= 0.6 is 11.3 Å². The zero-order valence-corrected chi connectivity index (χ0v) is 11.1. The summed E-state index contributed by atoms with van der Waals surface area (Å²) in [5.74, 6) is 0.187. The Morgan fingerprint density at radius 2 is 2.17 bits per heavy atom. The maximum Gasteiger partial charge on any atom is 0.236 e. The third-order valence-corrected chi connectivity index (χ3v) is 4.05. The largest absolute Gasteiger partial charge is 0.342 e. The fraction of sp³-hybridized carbons (Fsp3) is 0.538. The molecule has 1 saturated heterocycles. The van der Waals surface area contributed by atoms with Crippen molar-refractivity contribution in [1.29, 1.82) is 5.26 Å². The minimum Gasteiger partial charge on any atom is -0.342 e. The minimum absolute atomic E-state index is 0.187. The monoisotopic (exact) mass is 263 g/mol. The van der Waals surface area contributed by atoms with Crippen LogP contribution in [0.4, 0.5) is 0 Å². The third kappa shape index (κ3) is 3.56. The second-order valence-corrected chi connectivity index (χ2v) is 5.59. The molecule has 2 heterocycles. The first-order valence-electron chi connectivity index (χ1n) is 6.27. The van der Waals surface area contributed by atoms with Crippen LogP contribution in [0.1, 0.15) is 29.0 Å². The molecule has 0 saturated carbocycles. The van der Waals surface area contributed by atoms with E-state index in [0.29, 0.717) is 18.0 Å². The van der Waals surface area contributed by atoms with E-state index in [1.165, 1.54) is 17.8 Å². The summed E-state index contributed by atoms with van der Waals surface area (Å²) in [4.78, 5) is 15.6. The fourth-order valence-electron chi connectivity index (χ4n) is 2.08. The Hall–Kier alpha value is -1.38. The summed E-state index contributed by atoms with van der Waals surface area (Å²) in [5.41, 5.74) is 0. The average Bonchev–Trinajstić information content (AvgIpc) is 2.87. The van der Waals surface area contributed by atoms with Gasteiger partial charge in [-0.25, -0.2) is 0 Å². The van der Waals surface area contributed by atoms with Crippen LogP contribution in [-0.4, -0.2) is 30.4 Å². The van der Waals surface area contributed by atoms with Gasteiger partial charge < -0.3 is 10.2 Å². The van der Waals surface area contributed by atoms with E-state index in [9.17, 15) is 4.79 Å². The van der Waals surface area contributed by atoms with Crippen LogP contribution in [-0.2, 0) is 11.3 Å². The van der Waals surface area contributed by atoms with Gasteiger partial charge in [0.25, 0.3) is 0 Å². The molecule has 1 aromatic heterocycles. The molecule has 0 spiro atoms. The van der Waals surface area contributed by atoms with E-state index >= 15 is 0 Å². The van der Waals surface area contributed by atoms with Gasteiger partial charge in [-0.15, -0.1) is 11.3 Å². The van der Waals surface area contributed by atoms with Gasteiger partial charge in [-0.05, 0) is 31.4 Å². The van der Waals surface area contributed by atoms with E-state index in [-0.39, 0.29) is 5.91 Å². The maximum atomic E-state index is 11.9. The molecule has 1 fully saturated rings. The number of carbonyl (C=O) groups excluding carboxylic acids is 1. The summed E-state index contributed by atoms with van der Waals surface area (Å²) in [6.07, 6.45) is 3.49. The number of carbonyl (C=O) groups is 1. The number of nitriles is 1. The lowest BCUT2D eigenvalue weighted by Crippen LogP contribution is -2.40. The second kappa shape index (κ2) is 6.53. The summed E-state index contributed by atoms with van der Waals surface area (Å²) in [7, 11) is 0. The summed E-state index contributed by atoms with van der Waals surface area (Å²) >= 11 is 1.47. The number of piperidine rings is 1. The number of thiophene rings is 1. The molecule has 0 bridgehead atoms. The quantitative estimate of drug-likeness (QED) is 0.900. The van der Waals surface area contributed by atoms with Crippen molar-refractivity contribution in [3.05, 3.63) is 21.9 Å². The van der Waals surface area contributed by atoms with Gasteiger partial charge in [0, 0.05) is 24.5 Å². The van der Waals surface area contributed by atoms with Gasteiger partial charge in [0.15, 0.2) is 0 Å². The Kier molecular flexibility index (Phi) is 4.73. The predicted octanol–water partition coefficient (Wildman–Crippen LogP) is 1.72.